The first-order chi connectivity index (χ1) is 7.75. The molecule has 0 spiro atoms. The van der Waals surface area contributed by atoms with Gasteiger partial charge in [0.05, 0.1) is 0 Å². The third kappa shape index (κ3) is 6.86. The molecule has 0 aliphatic carbocycles. The number of hydrogen-bond donors (Lipinski definition) is 0. The van der Waals surface area contributed by atoms with E-state index in [1.807, 2.05) is 39.5 Å². The third-order valence-corrected chi connectivity index (χ3v) is 2.70. The van der Waals surface area contributed by atoms with E-state index in [0.717, 1.165) is 19.5 Å². The molecule has 1 atom stereocenters. The molecule has 0 aromatic carbocycles. The number of carbonyl (C=O) groups is 1. The molecule has 0 saturated carbocycles. The van der Waals surface area contributed by atoms with Crippen LogP contribution < -0.4 is 0 Å². The van der Waals surface area contributed by atoms with Crippen LogP contribution in [0.25, 0.3) is 0 Å². The lowest BCUT2D eigenvalue weighted by Gasteiger charge is -2.28. The SMILES string of the molecule is CC.CC.CCC(C)C(=O)N1CCCCC1. The van der Waals surface area contributed by atoms with Gasteiger partial charge in [-0.2, -0.15) is 0 Å². The minimum Gasteiger partial charge on any atom is -0.342 e. The van der Waals surface area contributed by atoms with Crippen molar-refractivity contribution in [1.82, 2.24) is 4.90 Å². The van der Waals surface area contributed by atoms with Gasteiger partial charge in [-0.1, -0.05) is 41.5 Å². The number of amides is 1. The van der Waals surface area contributed by atoms with Crippen molar-refractivity contribution >= 4 is 5.91 Å². The van der Waals surface area contributed by atoms with Crippen molar-refractivity contribution < 1.29 is 4.79 Å². The van der Waals surface area contributed by atoms with Gasteiger partial charge in [-0.25, -0.2) is 0 Å². The normalized spacial score (nSPS) is 16.2. The van der Waals surface area contributed by atoms with Crippen LogP contribution in [0, 0.1) is 5.92 Å². The van der Waals surface area contributed by atoms with E-state index >= 15 is 0 Å². The van der Waals surface area contributed by atoms with E-state index in [9.17, 15) is 4.79 Å². The van der Waals surface area contributed by atoms with Gasteiger partial charge >= 0.3 is 0 Å². The molecule has 0 N–H and O–H groups in total. The Labute approximate surface area is 102 Å². The fourth-order valence-corrected chi connectivity index (χ4v) is 1.60. The van der Waals surface area contributed by atoms with Gasteiger partial charge in [0, 0.05) is 19.0 Å². The summed E-state index contributed by atoms with van der Waals surface area (Å²) in [5.41, 5.74) is 0. The van der Waals surface area contributed by atoms with Crippen molar-refractivity contribution in [3.8, 4) is 0 Å². The highest BCUT2D eigenvalue weighted by Crippen LogP contribution is 2.13. The molecule has 1 fully saturated rings. The Morgan fingerprint density at radius 3 is 1.88 bits per heavy atom. The molecule has 98 valence electrons. The second-order valence-corrected chi connectivity index (χ2v) is 3.70. The molecule has 0 bridgehead atoms. The first-order valence-corrected chi connectivity index (χ1v) is 7.04. The second-order valence-electron chi connectivity index (χ2n) is 3.70. The molecule has 1 rings (SSSR count). The molecule has 1 heterocycles. The minimum absolute atomic E-state index is 0.225. The summed E-state index contributed by atoms with van der Waals surface area (Å²) < 4.78 is 0. The van der Waals surface area contributed by atoms with Crippen LogP contribution in [0.4, 0.5) is 0 Å². The molecule has 2 heteroatoms. The van der Waals surface area contributed by atoms with Crippen molar-refractivity contribution in [1.29, 1.82) is 0 Å². The Morgan fingerprint density at radius 1 is 1.06 bits per heavy atom. The highest BCUT2D eigenvalue weighted by molar-refractivity contribution is 5.78. The molecule has 0 aromatic heterocycles. The molecule has 1 unspecified atom stereocenters. The Bertz CT molecular complexity index is 151. The Morgan fingerprint density at radius 2 is 1.50 bits per heavy atom. The maximum Gasteiger partial charge on any atom is 0.225 e. The van der Waals surface area contributed by atoms with Crippen LogP contribution in [0.2, 0.25) is 0 Å². The summed E-state index contributed by atoms with van der Waals surface area (Å²) in [6, 6.07) is 0. The van der Waals surface area contributed by atoms with Crippen LogP contribution in [0.5, 0.6) is 0 Å². The zero-order valence-corrected chi connectivity index (χ0v) is 12.2. The number of likely N-dealkylation sites (tertiary alicyclic amines) is 1. The van der Waals surface area contributed by atoms with Gasteiger partial charge in [-0.3, -0.25) is 4.79 Å². The summed E-state index contributed by atoms with van der Waals surface area (Å²) >= 11 is 0. The summed E-state index contributed by atoms with van der Waals surface area (Å²) in [4.78, 5) is 13.7. The van der Waals surface area contributed by atoms with Gasteiger partial charge in [0.15, 0.2) is 0 Å². The minimum atomic E-state index is 0.225. The van der Waals surface area contributed by atoms with Crippen molar-refractivity contribution in [3.05, 3.63) is 0 Å². The zero-order valence-electron chi connectivity index (χ0n) is 12.2. The quantitative estimate of drug-likeness (QED) is 0.698. The van der Waals surface area contributed by atoms with Gasteiger partial charge in [0.25, 0.3) is 0 Å². The Balaban J connectivity index is 0. The average Bonchev–Trinajstić information content (AvgIpc) is 2.42. The lowest BCUT2D eigenvalue weighted by molar-refractivity contribution is -0.135. The molecule has 1 amide bonds. The largest absolute Gasteiger partial charge is 0.342 e. The standard InChI is InChI=1S/C10H19NO.2C2H6/c1-3-9(2)10(12)11-7-5-4-6-8-11;2*1-2/h9H,3-8H2,1-2H3;2*1-2H3. The van der Waals surface area contributed by atoms with Crippen LogP contribution in [0.1, 0.15) is 67.2 Å². The first-order valence-electron chi connectivity index (χ1n) is 7.04. The molecule has 16 heavy (non-hydrogen) atoms. The van der Waals surface area contributed by atoms with Gasteiger partial charge in [-0.05, 0) is 25.7 Å². The molecule has 1 saturated heterocycles. The lowest BCUT2D eigenvalue weighted by atomic mass is 10.0. The predicted octanol–water partition coefficient (Wildman–Crippen LogP) is 4.10. The number of carbonyl (C=O) groups excluding carboxylic acids is 1. The lowest BCUT2D eigenvalue weighted by Crippen LogP contribution is -2.38. The van der Waals surface area contributed by atoms with E-state index in [1.54, 1.807) is 0 Å². The number of rotatable bonds is 2. The molecule has 0 aromatic rings. The van der Waals surface area contributed by atoms with Crippen molar-refractivity contribution in [3.63, 3.8) is 0 Å². The average molecular weight is 229 g/mol. The topological polar surface area (TPSA) is 20.3 Å². The highest BCUT2D eigenvalue weighted by Gasteiger charge is 2.20. The Hall–Kier alpha value is -0.530. The molecular formula is C14H31NO. The molecular weight excluding hydrogens is 198 g/mol. The van der Waals surface area contributed by atoms with E-state index in [0.29, 0.717) is 5.91 Å². The number of hydrogen-bond acceptors (Lipinski definition) is 1. The third-order valence-electron chi connectivity index (χ3n) is 2.70. The summed E-state index contributed by atoms with van der Waals surface area (Å²) in [6.45, 7) is 14.1. The molecule has 1 aliphatic heterocycles. The molecule has 1 aliphatic rings. The predicted molar refractivity (Wildman–Crippen MR) is 72.6 cm³/mol. The van der Waals surface area contributed by atoms with Crippen LogP contribution in [0.15, 0.2) is 0 Å². The summed E-state index contributed by atoms with van der Waals surface area (Å²) in [5.74, 6) is 0.584. The van der Waals surface area contributed by atoms with Gasteiger partial charge in [-0.15, -0.1) is 0 Å². The number of piperidine rings is 1. The maximum atomic E-state index is 11.7. The van der Waals surface area contributed by atoms with Crippen LogP contribution >= 0.6 is 0 Å². The van der Waals surface area contributed by atoms with E-state index in [1.165, 1.54) is 19.3 Å². The number of nitrogens with zero attached hydrogens (tertiary/aromatic N) is 1. The van der Waals surface area contributed by atoms with Gasteiger partial charge < -0.3 is 4.90 Å². The van der Waals surface area contributed by atoms with E-state index in [4.69, 9.17) is 0 Å². The van der Waals surface area contributed by atoms with Crippen LogP contribution in [-0.2, 0) is 4.79 Å². The molecule has 2 nitrogen and oxygen atoms in total. The summed E-state index contributed by atoms with van der Waals surface area (Å²) in [5, 5.41) is 0. The van der Waals surface area contributed by atoms with E-state index < -0.39 is 0 Å². The smallest absolute Gasteiger partial charge is 0.225 e. The maximum absolute atomic E-state index is 11.7. The van der Waals surface area contributed by atoms with Gasteiger partial charge in [0.1, 0.15) is 0 Å². The Kier molecular flexibility index (Phi) is 14.0. The highest BCUT2D eigenvalue weighted by atomic mass is 16.2. The van der Waals surface area contributed by atoms with Crippen molar-refractivity contribution in [2.45, 2.75) is 67.2 Å². The summed E-state index contributed by atoms with van der Waals surface area (Å²) in [6.07, 6.45) is 4.66. The first kappa shape index (κ1) is 17.9. The second kappa shape index (κ2) is 12.5. The fourth-order valence-electron chi connectivity index (χ4n) is 1.60. The van der Waals surface area contributed by atoms with Crippen molar-refractivity contribution in [2.75, 3.05) is 13.1 Å². The van der Waals surface area contributed by atoms with E-state index in [2.05, 4.69) is 6.92 Å². The monoisotopic (exact) mass is 229 g/mol. The van der Waals surface area contributed by atoms with Crippen LogP contribution in [-0.4, -0.2) is 23.9 Å². The molecule has 0 radical (unpaired) electrons. The zero-order chi connectivity index (χ0) is 13.0. The van der Waals surface area contributed by atoms with E-state index in [-0.39, 0.29) is 5.92 Å². The summed E-state index contributed by atoms with van der Waals surface area (Å²) in [7, 11) is 0. The van der Waals surface area contributed by atoms with Crippen molar-refractivity contribution in [2.24, 2.45) is 5.92 Å². The van der Waals surface area contributed by atoms with Crippen LogP contribution in [0.3, 0.4) is 0 Å². The van der Waals surface area contributed by atoms with Gasteiger partial charge in [0.2, 0.25) is 5.91 Å². The fraction of sp³-hybridized carbons (Fsp3) is 0.929.